The molecule has 7 rings (SSSR count). The molecule has 12 heteroatoms. The van der Waals surface area contributed by atoms with Crippen molar-refractivity contribution in [2.75, 3.05) is 5.75 Å². The maximum atomic E-state index is 12.9. The van der Waals surface area contributed by atoms with Gasteiger partial charge in [0, 0.05) is 31.3 Å². The van der Waals surface area contributed by atoms with Crippen LogP contribution in [0.4, 0.5) is 0 Å². The number of nitrogens with one attached hydrogen (secondary N) is 1. The molecule has 0 radical (unpaired) electrons. The van der Waals surface area contributed by atoms with E-state index in [-0.39, 0.29) is 30.4 Å². The topological polar surface area (TPSA) is 137 Å². The molecule has 11 nitrogen and oxygen atoms in total. The molecular formula is C36H33N7O4S. The number of aliphatic hydroxyl groups excluding tert-OH is 1. The summed E-state index contributed by atoms with van der Waals surface area (Å²) in [5.74, 6) is 0.369. The monoisotopic (exact) mass is 659 g/mol. The standard InChI is InChI=1S/C36H33N7O4S/c1-43-36(40-41-42-43)48-22-29-18-33(25-14-12-23(21-44)13-15-25)47-35(46-29)28-9-5-8-27(17-28)26-7-4-6-24(16-26)19-38-34(45)32-20-37-30-10-2-3-11-31(30)39-32/h2-17,20,29,33,35,44H,18-19,21-22H2,1H3,(H,38,45)/t29-,33+,35+/m1/s1. The summed E-state index contributed by atoms with van der Waals surface area (Å²) in [7, 11) is 1.81. The van der Waals surface area contributed by atoms with Crippen molar-refractivity contribution in [2.45, 2.75) is 43.2 Å². The molecule has 1 amide bonds. The molecule has 0 saturated carbocycles. The Morgan fingerprint density at radius 3 is 2.50 bits per heavy atom. The zero-order chi connectivity index (χ0) is 32.9. The molecule has 0 spiro atoms. The minimum atomic E-state index is -0.602. The maximum Gasteiger partial charge on any atom is 0.271 e. The lowest BCUT2D eigenvalue weighted by Gasteiger charge is -2.36. The van der Waals surface area contributed by atoms with Crippen LogP contribution < -0.4 is 5.32 Å². The summed E-state index contributed by atoms with van der Waals surface area (Å²) in [4.78, 5) is 21.7. The highest BCUT2D eigenvalue weighted by Gasteiger charge is 2.32. The first-order valence-electron chi connectivity index (χ1n) is 15.6. The zero-order valence-electron chi connectivity index (χ0n) is 26.1. The number of aliphatic hydroxyl groups is 1. The number of carbonyl (C=O) groups excluding carboxylic acids is 1. The predicted octanol–water partition coefficient (Wildman–Crippen LogP) is 5.58. The average molecular weight is 660 g/mol. The molecule has 0 unspecified atom stereocenters. The van der Waals surface area contributed by atoms with Gasteiger partial charge in [-0.3, -0.25) is 9.78 Å². The molecule has 1 saturated heterocycles. The number of tetrazole rings is 1. The lowest BCUT2D eigenvalue weighted by Crippen LogP contribution is -2.31. The number of ether oxygens (including phenoxy) is 2. The molecule has 1 fully saturated rings. The lowest BCUT2D eigenvalue weighted by molar-refractivity contribution is -0.245. The fourth-order valence-corrected chi connectivity index (χ4v) is 6.47. The van der Waals surface area contributed by atoms with Gasteiger partial charge in [0.1, 0.15) is 5.69 Å². The number of thioether (sulfide) groups is 1. The predicted molar refractivity (Wildman–Crippen MR) is 181 cm³/mol. The minimum absolute atomic E-state index is 0.0119. The lowest BCUT2D eigenvalue weighted by atomic mass is 9.99. The Morgan fingerprint density at radius 1 is 0.917 bits per heavy atom. The van der Waals surface area contributed by atoms with Crippen LogP contribution in [0.3, 0.4) is 0 Å². The molecule has 4 aromatic carbocycles. The Bertz CT molecular complexity index is 2040. The molecule has 0 aliphatic carbocycles. The van der Waals surface area contributed by atoms with Gasteiger partial charge >= 0.3 is 0 Å². The maximum absolute atomic E-state index is 12.9. The van der Waals surface area contributed by atoms with Crippen molar-refractivity contribution in [2.24, 2.45) is 7.05 Å². The van der Waals surface area contributed by atoms with E-state index in [0.717, 1.165) is 38.9 Å². The van der Waals surface area contributed by atoms with E-state index >= 15 is 0 Å². The highest BCUT2D eigenvalue weighted by atomic mass is 32.2. The van der Waals surface area contributed by atoms with Crippen LogP contribution in [0.15, 0.2) is 108 Å². The van der Waals surface area contributed by atoms with E-state index in [9.17, 15) is 9.90 Å². The normalized spacial score (nSPS) is 17.8. The second kappa shape index (κ2) is 14.4. The summed E-state index contributed by atoms with van der Waals surface area (Å²) in [5, 5.41) is 25.0. The van der Waals surface area contributed by atoms with E-state index in [0.29, 0.717) is 29.4 Å². The Kier molecular flexibility index (Phi) is 9.48. The van der Waals surface area contributed by atoms with Crippen LogP contribution in [0, 0.1) is 0 Å². The van der Waals surface area contributed by atoms with Gasteiger partial charge < -0.3 is 19.9 Å². The van der Waals surface area contributed by atoms with E-state index in [4.69, 9.17) is 9.47 Å². The molecule has 242 valence electrons. The molecule has 3 heterocycles. The van der Waals surface area contributed by atoms with Gasteiger partial charge in [0.2, 0.25) is 5.16 Å². The Morgan fingerprint density at radius 2 is 1.71 bits per heavy atom. The summed E-state index contributed by atoms with van der Waals surface area (Å²) in [5.41, 5.74) is 7.42. The van der Waals surface area contributed by atoms with Crippen LogP contribution in [0.1, 0.15) is 51.6 Å². The van der Waals surface area contributed by atoms with Crippen LogP contribution in [0.25, 0.3) is 22.2 Å². The number of carbonyl (C=O) groups is 1. The SMILES string of the molecule is Cn1nnnc1SC[C@H]1C[C@@H](c2ccc(CO)cc2)O[C@@H](c2cccc(-c3cccc(CNC(=O)c4cnc5ccccc5n4)c3)c2)O1. The Hall–Kier alpha value is -5.01. The summed E-state index contributed by atoms with van der Waals surface area (Å²) in [6.45, 7) is 0.328. The number of aromatic nitrogens is 6. The highest BCUT2D eigenvalue weighted by Crippen LogP contribution is 2.40. The van der Waals surface area contributed by atoms with Crippen molar-refractivity contribution in [3.8, 4) is 11.1 Å². The molecule has 3 atom stereocenters. The van der Waals surface area contributed by atoms with Crippen molar-refractivity contribution in [3.63, 3.8) is 0 Å². The number of rotatable bonds is 10. The van der Waals surface area contributed by atoms with E-state index in [1.54, 1.807) is 16.4 Å². The third kappa shape index (κ3) is 7.26. The van der Waals surface area contributed by atoms with Crippen molar-refractivity contribution in [1.29, 1.82) is 0 Å². The van der Waals surface area contributed by atoms with Crippen molar-refractivity contribution >= 4 is 28.7 Å². The number of hydrogen-bond donors (Lipinski definition) is 2. The molecule has 2 aromatic heterocycles. The average Bonchev–Trinajstić information content (AvgIpc) is 3.57. The summed E-state index contributed by atoms with van der Waals surface area (Å²) in [6, 6.07) is 31.5. The number of nitrogens with zero attached hydrogens (tertiary/aromatic N) is 6. The zero-order valence-corrected chi connectivity index (χ0v) is 27.0. The molecule has 0 bridgehead atoms. The van der Waals surface area contributed by atoms with Gasteiger partial charge in [-0.1, -0.05) is 84.6 Å². The fraction of sp³-hybridized carbons (Fsp3) is 0.222. The summed E-state index contributed by atoms with van der Waals surface area (Å²) in [6.07, 6.45) is 1.22. The number of fused-ring (bicyclic) bond motifs is 1. The van der Waals surface area contributed by atoms with Gasteiger partial charge in [-0.05, 0) is 62.5 Å². The van der Waals surface area contributed by atoms with Crippen molar-refractivity contribution in [3.05, 3.63) is 131 Å². The molecule has 1 aliphatic heterocycles. The van der Waals surface area contributed by atoms with Crippen LogP contribution in [0.2, 0.25) is 0 Å². The second-order valence-electron chi connectivity index (χ2n) is 11.5. The molecule has 2 N–H and O–H groups in total. The minimum Gasteiger partial charge on any atom is -0.392 e. The first-order chi connectivity index (χ1) is 23.5. The summed E-state index contributed by atoms with van der Waals surface area (Å²) < 4.78 is 14.8. The number of amides is 1. The first-order valence-corrected chi connectivity index (χ1v) is 16.6. The van der Waals surface area contributed by atoms with E-state index in [1.165, 1.54) is 6.20 Å². The fourth-order valence-electron chi connectivity index (χ4n) is 5.60. The third-order valence-electron chi connectivity index (χ3n) is 8.15. The van der Waals surface area contributed by atoms with Gasteiger partial charge in [0.25, 0.3) is 5.91 Å². The molecule has 6 aromatic rings. The number of benzene rings is 4. The molecular weight excluding hydrogens is 627 g/mol. The third-order valence-corrected chi connectivity index (χ3v) is 9.29. The van der Waals surface area contributed by atoms with Crippen molar-refractivity contribution < 1.29 is 19.4 Å². The first kappa shape index (κ1) is 31.6. The van der Waals surface area contributed by atoms with Crippen molar-refractivity contribution in [1.82, 2.24) is 35.5 Å². The summed E-state index contributed by atoms with van der Waals surface area (Å²) >= 11 is 1.54. The van der Waals surface area contributed by atoms with Gasteiger partial charge in [0.15, 0.2) is 6.29 Å². The van der Waals surface area contributed by atoms with Crippen LogP contribution in [-0.2, 0) is 29.7 Å². The van der Waals surface area contributed by atoms with Crippen LogP contribution in [0.5, 0.6) is 0 Å². The smallest absolute Gasteiger partial charge is 0.271 e. The Labute approximate surface area is 281 Å². The quantitative estimate of drug-likeness (QED) is 0.179. The Balaban J connectivity index is 1.07. The largest absolute Gasteiger partial charge is 0.392 e. The van der Waals surface area contributed by atoms with Gasteiger partial charge in [-0.2, -0.15) is 0 Å². The van der Waals surface area contributed by atoms with Gasteiger partial charge in [-0.15, -0.1) is 5.10 Å². The number of hydrogen-bond acceptors (Lipinski definition) is 10. The van der Waals surface area contributed by atoms with Crippen LogP contribution in [-0.4, -0.2) is 53.0 Å². The van der Waals surface area contributed by atoms with Crippen LogP contribution >= 0.6 is 11.8 Å². The number of aryl methyl sites for hydroxylation is 1. The van der Waals surface area contributed by atoms with Gasteiger partial charge in [-0.25, -0.2) is 9.67 Å². The second-order valence-corrected chi connectivity index (χ2v) is 12.5. The van der Waals surface area contributed by atoms with E-state index in [1.807, 2.05) is 92.0 Å². The highest BCUT2D eigenvalue weighted by molar-refractivity contribution is 7.99. The number of para-hydroxylation sites is 2. The molecule has 1 aliphatic rings. The molecule has 48 heavy (non-hydrogen) atoms. The van der Waals surface area contributed by atoms with Gasteiger partial charge in [0.05, 0.1) is 36.0 Å². The van der Waals surface area contributed by atoms with E-state index in [2.05, 4.69) is 42.9 Å². The van der Waals surface area contributed by atoms with E-state index < -0.39 is 6.29 Å².